The van der Waals surface area contributed by atoms with Crippen LogP contribution in [0.25, 0.3) is 10.2 Å². The zero-order valence-electron chi connectivity index (χ0n) is 16.4. The molecule has 152 valence electrons. The second-order valence-corrected chi connectivity index (χ2v) is 10.5. The van der Waals surface area contributed by atoms with Crippen LogP contribution in [0.15, 0.2) is 64.2 Å². The zero-order valence-corrected chi connectivity index (χ0v) is 19.6. The predicted octanol–water partition coefficient (Wildman–Crippen LogP) is 4.47. The van der Waals surface area contributed by atoms with Crippen LogP contribution < -0.4 is 10.6 Å². The number of hydrogen-bond acceptors (Lipinski definition) is 5. The van der Waals surface area contributed by atoms with Gasteiger partial charge in [0.2, 0.25) is 0 Å². The SMILES string of the molecule is Nc1nc(SCc2ccc(Br)cc2)nc2sc3c(c12)CC[NH+](Cc1ccccc1)C3. The Balaban J connectivity index is 1.35. The van der Waals surface area contributed by atoms with Crippen LogP contribution in [0.5, 0.6) is 0 Å². The number of fused-ring (bicyclic) bond motifs is 3. The number of nitrogens with zero attached hydrogens (tertiary/aromatic N) is 2. The lowest BCUT2D eigenvalue weighted by Crippen LogP contribution is -3.10. The van der Waals surface area contributed by atoms with Crippen molar-refractivity contribution >= 4 is 55.1 Å². The maximum atomic E-state index is 6.40. The molecule has 2 aromatic carbocycles. The summed E-state index contributed by atoms with van der Waals surface area (Å²) in [6, 6.07) is 19.1. The van der Waals surface area contributed by atoms with Crippen LogP contribution in [0.2, 0.25) is 0 Å². The second kappa shape index (κ2) is 8.67. The second-order valence-electron chi connectivity index (χ2n) is 7.58. The fourth-order valence-corrected chi connectivity index (χ4v) is 6.39. The minimum atomic E-state index is 0.627. The van der Waals surface area contributed by atoms with Gasteiger partial charge in [0.25, 0.3) is 0 Å². The number of rotatable bonds is 5. The Labute approximate surface area is 192 Å². The van der Waals surface area contributed by atoms with E-state index >= 15 is 0 Å². The third kappa shape index (κ3) is 4.25. The highest BCUT2D eigenvalue weighted by Gasteiger charge is 2.26. The summed E-state index contributed by atoms with van der Waals surface area (Å²) in [7, 11) is 0. The number of nitrogens with two attached hydrogens (primary N) is 1. The molecule has 7 heteroatoms. The number of thiophene rings is 1. The molecule has 30 heavy (non-hydrogen) atoms. The van der Waals surface area contributed by atoms with E-state index in [9.17, 15) is 0 Å². The van der Waals surface area contributed by atoms with E-state index in [1.54, 1.807) is 28.0 Å². The van der Waals surface area contributed by atoms with Gasteiger partial charge in [0.05, 0.1) is 16.8 Å². The van der Waals surface area contributed by atoms with Gasteiger partial charge in [-0.25, -0.2) is 9.97 Å². The first-order valence-corrected chi connectivity index (χ1v) is 12.6. The summed E-state index contributed by atoms with van der Waals surface area (Å²) < 4.78 is 1.09. The molecule has 1 atom stereocenters. The van der Waals surface area contributed by atoms with Crippen LogP contribution >= 0.6 is 39.0 Å². The molecular formula is C23H22BrN4S2+. The molecule has 5 rings (SSSR count). The van der Waals surface area contributed by atoms with Crippen LogP contribution in [-0.4, -0.2) is 16.5 Å². The monoisotopic (exact) mass is 497 g/mol. The van der Waals surface area contributed by atoms with Gasteiger partial charge in [-0.15, -0.1) is 11.3 Å². The van der Waals surface area contributed by atoms with E-state index < -0.39 is 0 Å². The Bertz CT molecular complexity index is 1180. The number of anilines is 1. The van der Waals surface area contributed by atoms with E-state index in [2.05, 4.69) is 75.5 Å². The normalized spacial score (nSPS) is 16.0. The number of aromatic nitrogens is 2. The van der Waals surface area contributed by atoms with Crippen molar-refractivity contribution in [2.24, 2.45) is 0 Å². The highest BCUT2D eigenvalue weighted by Crippen LogP contribution is 2.36. The number of thioether (sulfide) groups is 1. The van der Waals surface area contributed by atoms with Crippen molar-refractivity contribution in [3.05, 3.63) is 80.6 Å². The molecule has 0 radical (unpaired) electrons. The Hall–Kier alpha value is -1.93. The van der Waals surface area contributed by atoms with Gasteiger partial charge in [-0.05, 0) is 23.3 Å². The molecular weight excluding hydrogens is 476 g/mol. The van der Waals surface area contributed by atoms with Crippen LogP contribution in [-0.2, 0) is 25.3 Å². The van der Waals surface area contributed by atoms with Gasteiger partial charge in [0.15, 0.2) is 5.16 Å². The van der Waals surface area contributed by atoms with Crippen LogP contribution in [0.3, 0.4) is 0 Å². The van der Waals surface area contributed by atoms with Gasteiger partial charge in [-0.2, -0.15) is 0 Å². The summed E-state index contributed by atoms with van der Waals surface area (Å²) in [4.78, 5) is 13.5. The van der Waals surface area contributed by atoms with Crippen molar-refractivity contribution < 1.29 is 4.90 Å². The first-order valence-electron chi connectivity index (χ1n) is 9.98. The zero-order chi connectivity index (χ0) is 20.5. The van der Waals surface area contributed by atoms with Crippen molar-refractivity contribution in [3.8, 4) is 0 Å². The molecule has 0 saturated carbocycles. The Morgan fingerprint density at radius 3 is 2.63 bits per heavy atom. The fourth-order valence-electron chi connectivity index (χ4n) is 3.96. The fraction of sp³-hybridized carbons (Fsp3) is 0.217. The topological polar surface area (TPSA) is 56.2 Å². The van der Waals surface area contributed by atoms with Gasteiger partial charge < -0.3 is 10.6 Å². The molecule has 4 aromatic rings. The number of hydrogen-bond donors (Lipinski definition) is 2. The van der Waals surface area contributed by atoms with E-state index in [1.807, 2.05) is 0 Å². The summed E-state index contributed by atoms with van der Waals surface area (Å²) in [6.07, 6.45) is 1.04. The minimum Gasteiger partial charge on any atom is -0.383 e. The van der Waals surface area contributed by atoms with Gasteiger partial charge in [-0.1, -0.05) is 70.2 Å². The summed E-state index contributed by atoms with van der Waals surface area (Å²) in [5.41, 5.74) is 10.4. The summed E-state index contributed by atoms with van der Waals surface area (Å²) in [5.74, 6) is 1.46. The van der Waals surface area contributed by atoms with Gasteiger partial charge in [-0.3, -0.25) is 0 Å². The number of nitrogen functional groups attached to an aromatic ring is 1. The number of quaternary nitrogens is 1. The highest BCUT2D eigenvalue weighted by molar-refractivity contribution is 9.10. The lowest BCUT2D eigenvalue weighted by atomic mass is 10.0. The number of benzene rings is 2. The summed E-state index contributed by atoms with van der Waals surface area (Å²) in [5, 5.41) is 1.84. The Morgan fingerprint density at radius 2 is 1.83 bits per heavy atom. The largest absolute Gasteiger partial charge is 0.383 e. The number of nitrogens with one attached hydrogen (secondary N) is 1. The molecule has 3 heterocycles. The van der Waals surface area contributed by atoms with Crippen LogP contribution in [0.1, 0.15) is 21.6 Å². The lowest BCUT2D eigenvalue weighted by molar-refractivity contribution is -0.929. The Morgan fingerprint density at radius 1 is 1.03 bits per heavy atom. The highest BCUT2D eigenvalue weighted by atomic mass is 79.9. The molecule has 0 amide bonds. The molecule has 2 aromatic heterocycles. The molecule has 1 unspecified atom stereocenters. The summed E-state index contributed by atoms with van der Waals surface area (Å²) in [6.45, 7) is 3.21. The molecule has 1 aliphatic heterocycles. The smallest absolute Gasteiger partial charge is 0.191 e. The molecule has 1 aliphatic rings. The molecule has 0 bridgehead atoms. The average molecular weight is 498 g/mol. The third-order valence-electron chi connectivity index (χ3n) is 5.46. The lowest BCUT2D eigenvalue weighted by Gasteiger charge is -2.24. The molecule has 0 spiro atoms. The molecule has 0 fully saturated rings. The number of halogens is 1. The predicted molar refractivity (Wildman–Crippen MR) is 129 cm³/mol. The van der Waals surface area contributed by atoms with Gasteiger partial charge in [0, 0.05) is 22.2 Å². The van der Waals surface area contributed by atoms with Gasteiger partial charge in [0.1, 0.15) is 23.7 Å². The van der Waals surface area contributed by atoms with Crippen molar-refractivity contribution in [3.63, 3.8) is 0 Å². The van der Waals surface area contributed by atoms with E-state index in [-0.39, 0.29) is 0 Å². The van der Waals surface area contributed by atoms with Crippen molar-refractivity contribution in [1.82, 2.24) is 9.97 Å². The first kappa shape index (κ1) is 20.0. The van der Waals surface area contributed by atoms with Gasteiger partial charge >= 0.3 is 0 Å². The maximum absolute atomic E-state index is 6.40. The quantitative estimate of drug-likeness (QED) is 0.315. The molecule has 4 nitrogen and oxygen atoms in total. The third-order valence-corrected chi connectivity index (χ3v) is 8.03. The molecule has 3 N–H and O–H groups in total. The van der Waals surface area contributed by atoms with E-state index in [0.29, 0.717) is 5.82 Å². The average Bonchev–Trinajstić information content (AvgIpc) is 3.12. The molecule has 0 aliphatic carbocycles. The van der Waals surface area contributed by atoms with E-state index in [4.69, 9.17) is 10.7 Å². The van der Waals surface area contributed by atoms with Crippen molar-refractivity contribution in [1.29, 1.82) is 0 Å². The van der Waals surface area contributed by atoms with Crippen molar-refractivity contribution in [2.45, 2.75) is 30.4 Å². The standard InChI is InChI=1S/C23H21BrN4S2/c24-17-8-6-16(7-9-17)14-29-23-26-21(25)20-18-10-11-28(12-15-4-2-1-3-5-15)13-19(18)30-22(20)27-23/h1-9H,10-14H2,(H2,25,26,27)/p+1. The molecule has 0 saturated heterocycles. The summed E-state index contributed by atoms with van der Waals surface area (Å²) >= 11 is 6.92. The van der Waals surface area contributed by atoms with Crippen LogP contribution in [0.4, 0.5) is 5.82 Å². The van der Waals surface area contributed by atoms with E-state index in [1.165, 1.54) is 21.6 Å². The van der Waals surface area contributed by atoms with Crippen LogP contribution in [0, 0.1) is 0 Å². The first-order chi connectivity index (χ1) is 14.7. The minimum absolute atomic E-state index is 0.627. The van der Waals surface area contributed by atoms with E-state index in [0.717, 1.165) is 51.7 Å². The Kier molecular flexibility index (Phi) is 5.78. The van der Waals surface area contributed by atoms with Crippen molar-refractivity contribution in [2.75, 3.05) is 12.3 Å². The maximum Gasteiger partial charge on any atom is 0.191 e.